The molecular weight excluding hydrogens is 258 g/mol. The first-order valence-electron chi connectivity index (χ1n) is 7.81. The molecular formula is C18H23N3. The van der Waals surface area contributed by atoms with Crippen molar-refractivity contribution in [2.24, 2.45) is 0 Å². The summed E-state index contributed by atoms with van der Waals surface area (Å²) in [5, 5.41) is 3.29. The lowest BCUT2D eigenvalue weighted by Gasteiger charge is -2.37. The summed E-state index contributed by atoms with van der Waals surface area (Å²) in [6.07, 6.45) is 4.31. The first-order chi connectivity index (χ1) is 10.3. The van der Waals surface area contributed by atoms with E-state index in [-0.39, 0.29) is 0 Å². The highest BCUT2D eigenvalue weighted by atomic mass is 15.2. The molecule has 1 aromatic heterocycles. The van der Waals surface area contributed by atoms with E-state index in [1.165, 1.54) is 29.7 Å². The molecule has 2 aromatic rings. The van der Waals surface area contributed by atoms with Gasteiger partial charge in [-0.2, -0.15) is 0 Å². The summed E-state index contributed by atoms with van der Waals surface area (Å²) in [6.45, 7) is 6.26. The molecule has 0 radical (unpaired) electrons. The summed E-state index contributed by atoms with van der Waals surface area (Å²) in [7, 11) is 0. The Morgan fingerprint density at radius 2 is 2.14 bits per heavy atom. The Labute approximate surface area is 127 Å². The molecule has 110 valence electrons. The number of anilines is 2. The third-order valence-corrected chi connectivity index (χ3v) is 4.20. The largest absolute Gasteiger partial charge is 0.370 e. The monoisotopic (exact) mass is 281 g/mol. The Morgan fingerprint density at radius 3 is 3.00 bits per heavy atom. The SMILES string of the molecule is CCNc1cc(CN2c3ccccc3CCC2C)ccn1. The van der Waals surface area contributed by atoms with Crippen LogP contribution in [0.4, 0.5) is 11.5 Å². The number of nitrogens with one attached hydrogen (secondary N) is 1. The molecule has 21 heavy (non-hydrogen) atoms. The zero-order valence-corrected chi connectivity index (χ0v) is 12.8. The maximum absolute atomic E-state index is 4.36. The molecule has 1 atom stereocenters. The minimum Gasteiger partial charge on any atom is -0.370 e. The van der Waals surface area contributed by atoms with Crippen LogP contribution in [0.1, 0.15) is 31.4 Å². The lowest BCUT2D eigenvalue weighted by atomic mass is 9.96. The van der Waals surface area contributed by atoms with Gasteiger partial charge < -0.3 is 10.2 Å². The number of aromatic nitrogens is 1. The van der Waals surface area contributed by atoms with Crippen LogP contribution in [-0.2, 0) is 13.0 Å². The molecule has 3 nitrogen and oxygen atoms in total. The van der Waals surface area contributed by atoms with E-state index in [0.29, 0.717) is 6.04 Å². The summed E-state index contributed by atoms with van der Waals surface area (Å²) >= 11 is 0. The molecule has 0 amide bonds. The third kappa shape index (κ3) is 3.02. The number of para-hydroxylation sites is 1. The van der Waals surface area contributed by atoms with E-state index in [4.69, 9.17) is 0 Å². The van der Waals surface area contributed by atoms with Crippen LogP contribution < -0.4 is 10.2 Å². The molecule has 0 fully saturated rings. The lowest BCUT2D eigenvalue weighted by Crippen LogP contribution is -2.36. The Bertz CT molecular complexity index is 609. The van der Waals surface area contributed by atoms with Gasteiger partial charge in [0.2, 0.25) is 0 Å². The van der Waals surface area contributed by atoms with E-state index in [1.54, 1.807) is 0 Å². The molecule has 0 spiro atoms. The molecule has 0 aliphatic carbocycles. The van der Waals surface area contributed by atoms with Gasteiger partial charge in [-0.25, -0.2) is 4.98 Å². The number of hydrogen-bond donors (Lipinski definition) is 1. The van der Waals surface area contributed by atoms with Crippen LogP contribution in [0.25, 0.3) is 0 Å². The van der Waals surface area contributed by atoms with Gasteiger partial charge in [0, 0.05) is 31.0 Å². The zero-order valence-electron chi connectivity index (χ0n) is 12.8. The second-order valence-corrected chi connectivity index (χ2v) is 5.72. The fraction of sp³-hybridized carbons (Fsp3) is 0.389. The van der Waals surface area contributed by atoms with Crippen molar-refractivity contribution in [2.45, 2.75) is 39.3 Å². The highest BCUT2D eigenvalue weighted by Gasteiger charge is 2.22. The Balaban J connectivity index is 1.85. The highest BCUT2D eigenvalue weighted by molar-refractivity contribution is 5.57. The van der Waals surface area contributed by atoms with Crippen molar-refractivity contribution in [1.29, 1.82) is 0 Å². The van der Waals surface area contributed by atoms with Crippen LogP contribution in [0.3, 0.4) is 0 Å². The quantitative estimate of drug-likeness (QED) is 0.922. The lowest BCUT2D eigenvalue weighted by molar-refractivity contribution is 0.560. The van der Waals surface area contributed by atoms with E-state index >= 15 is 0 Å². The molecule has 0 saturated carbocycles. The summed E-state index contributed by atoms with van der Waals surface area (Å²) in [6, 6.07) is 13.6. The standard InChI is InChI=1S/C18H23N3/c1-3-19-18-12-15(10-11-20-18)13-21-14(2)8-9-16-6-4-5-7-17(16)21/h4-7,10-12,14H,3,8-9,13H2,1-2H3,(H,19,20). The van der Waals surface area contributed by atoms with Crippen LogP contribution in [0.5, 0.6) is 0 Å². The van der Waals surface area contributed by atoms with Crippen molar-refractivity contribution in [3.63, 3.8) is 0 Å². The van der Waals surface area contributed by atoms with Crippen LogP contribution >= 0.6 is 0 Å². The molecule has 2 heterocycles. The molecule has 1 aliphatic heterocycles. The molecule has 3 rings (SSSR count). The van der Waals surface area contributed by atoms with Gasteiger partial charge in [0.1, 0.15) is 5.82 Å². The van der Waals surface area contributed by atoms with Gasteiger partial charge in [0.15, 0.2) is 0 Å². The van der Waals surface area contributed by atoms with Crippen molar-refractivity contribution in [3.05, 3.63) is 53.7 Å². The van der Waals surface area contributed by atoms with Gasteiger partial charge in [-0.15, -0.1) is 0 Å². The number of rotatable bonds is 4. The van der Waals surface area contributed by atoms with Crippen molar-refractivity contribution >= 4 is 11.5 Å². The van der Waals surface area contributed by atoms with Gasteiger partial charge >= 0.3 is 0 Å². The Morgan fingerprint density at radius 1 is 1.29 bits per heavy atom. The number of pyridine rings is 1. The van der Waals surface area contributed by atoms with Crippen LogP contribution in [0.2, 0.25) is 0 Å². The fourth-order valence-electron chi connectivity index (χ4n) is 3.05. The van der Waals surface area contributed by atoms with Crippen molar-refractivity contribution in [3.8, 4) is 0 Å². The number of hydrogen-bond acceptors (Lipinski definition) is 3. The smallest absolute Gasteiger partial charge is 0.126 e. The maximum atomic E-state index is 4.36. The molecule has 0 bridgehead atoms. The van der Waals surface area contributed by atoms with E-state index < -0.39 is 0 Å². The predicted molar refractivity (Wildman–Crippen MR) is 88.8 cm³/mol. The Kier molecular flexibility index (Phi) is 4.09. The van der Waals surface area contributed by atoms with E-state index in [9.17, 15) is 0 Å². The van der Waals surface area contributed by atoms with Crippen molar-refractivity contribution in [1.82, 2.24) is 4.98 Å². The topological polar surface area (TPSA) is 28.2 Å². The third-order valence-electron chi connectivity index (χ3n) is 4.20. The second-order valence-electron chi connectivity index (χ2n) is 5.72. The first kappa shape index (κ1) is 13.9. The molecule has 1 aliphatic rings. The van der Waals surface area contributed by atoms with Crippen LogP contribution in [0.15, 0.2) is 42.6 Å². The second kappa shape index (κ2) is 6.17. The van der Waals surface area contributed by atoms with Crippen molar-refractivity contribution < 1.29 is 0 Å². The number of benzene rings is 1. The van der Waals surface area contributed by atoms with Gasteiger partial charge in [-0.05, 0) is 56.0 Å². The molecule has 1 unspecified atom stereocenters. The number of aryl methyl sites for hydroxylation is 1. The molecule has 1 N–H and O–H groups in total. The molecule has 1 aromatic carbocycles. The average Bonchev–Trinajstić information content (AvgIpc) is 2.51. The first-order valence-corrected chi connectivity index (χ1v) is 7.81. The number of fused-ring (bicyclic) bond motifs is 1. The molecule has 3 heteroatoms. The van der Waals surface area contributed by atoms with Gasteiger partial charge in [-0.1, -0.05) is 18.2 Å². The average molecular weight is 281 g/mol. The van der Waals surface area contributed by atoms with Gasteiger partial charge in [0.05, 0.1) is 0 Å². The van der Waals surface area contributed by atoms with Crippen molar-refractivity contribution in [2.75, 3.05) is 16.8 Å². The van der Waals surface area contributed by atoms with Crippen LogP contribution in [0, 0.1) is 0 Å². The summed E-state index contributed by atoms with van der Waals surface area (Å²) in [5.41, 5.74) is 4.17. The van der Waals surface area contributed by atoms with Gasteiger partial charge in [0.25, 0.3) is 0 Å². The summed E-state index contributed by atoms with van der Waals surface area (Å²) in [4.78, 5) is 6.87. The maximum Gasteiger partial charge on any atom is 0.126 e. The van der Waals surface area contributed by atoms with E-state index in [0.717, 1.165) is 18.9 Å². The van der Waals surface area contributed by atoms with Crippen LogP contribution in [-0.4, -0.2) is 17.6 Å². The normalized spacial score (nSPS) is 17.4. The fourth-order valence-corrected chi connectivity index (χ4v) is 3.05. The van der Waals surface area contributed by atoms with E-state index in [2.05, 4.69) is 65.4 Å². The van der Waals surface area contributed by atoms with E-state index in [1.807, 2.05) is 6.20 Å². The summed E-state index contributed by atoms with van der Waals surface area (Å²) in [5.74, 6) is 0.966. The minimum atomic E-state index is 0.579. The molecule has 0 saturated heterocycles. The predicted octanol–water partition coefficient (Wildman–Crippen LogP) is 3.85. The highest BCUT2D eigenvalue weighted by Crippen LogP contribution is 2.31. The van der Waals surface area contributed by atoms with Gasteiger partial charge in [-0.3, -0.25) is 0 Å². The number of nitrogens with zero attached hydrogens (tertiary/aromatic N) is 2. The minimum absolute atomic E-state index is 0.579. The zero-order chi connectivity index (χ0) is 14.7. The summed E-state index contributed by atoms with van der Waals surface area (Å²) < 4.78 is 0. The Hall–Kier alpha value is -2.03.